The number of H-pyrrole nitrogens is 1. The predicted molar refractivity (Wildman–Crippen MR) is 107 cm³/mol. The quantitative estimate of drug-likeness (QED) is 0.774. The van der Waals surface area contributed by atoms with Gasteiger partial charge >= 0.3 is 0 Å². The second-order valence-electron chi connectivity index (χ2n) is 7.75. The highest BCUT2D eigenvalue weighted by Crippen LogP contribution is 2.25. The Hall–Kier alpha value is -1.99. The summed E-state index contributed by atoms with van der Waals surface area (Å²) in [6.07, 6.45) is 7.23. The number of hydrogen-bond donors (Lipinski definition) is 2. The lowest BCUT2D eigenvalue weighted by atomic mass is 10.0. The number of rotatable bonds is 4. The summed E-state index contributed by atoms with van der Waals surface area (Å²) in [5, 5.41) is 0.729. The van der Waals surface area contributed by atoms with E-state index >= 15 is 0 Å². The summed E-state index contributed by atoms with van der Waals surface area (Å²) in [5.74, 6) is 1.46. The molecule has 0 saturated carbocycles. The smallest absolute Gasteiger partial charge is 0.260 e. The molecule has 0 aromatic carbocycles. The average Bonchev–Trinajstić information content (AvgIpc) is 3.24. The van der Waals surface area contributed by atoms with E-state index in [9.17, 15) is 9.59 Å². The molecule has 6 nitrogen and oxygen atoms in total. The fraction of sp³-hybridized carbons (Fsp3) is 0.550. The van der Waals surface area contributed by atoms with Crippen LogP contribution in [0.25, 0.3) is 10.2 Å². The highest BCUT2D eigenvalue weighted by molar-refractivity contribution is 7.18. The average molecular weight is 388 g/mol. The molecule has 1 aliphatic heterocycles. The van der Waals surface area contributed by atoms with Crippen molar-refractivity contribution in [3.05, 3.63) is 38.8 Å². The molecule has 0 spiro atoms. The molecule has 1 atom stereocenters. The minimum Gasteiger partial charge on any atom is -0.331 e. The molecular weight excluding hydrogens is 360 g/mol. The van der Waals surface area contributed by atoms with Crippen LogP contribution in [0.15, 0.2) is 16.9 Å². The van der Waals surface area contributed by atoms with Crippen molar-refractivity contribution in [3.8, 4) is 0 Å². The van der Waals surface area contributed by atoms with Gasteiger partial charge in [0.25, 0.3) is 5.56 Å². The molecule has 1 amide bonds. The van der Waals surface area contributed by atoms with Crippen LogP contribution < -0.4 is 10.5 Å². The first-order valence-electron chi connectivity index (χ1n) is 9.78. The van der Waals surface area contributed by atoms with Crippen molar-refractivity contribution in [2.24, 2.45) is 5.92 Å². The van der Waals surface area contributed by atoms with Crippen LogP contribution in [0.3, 0.4) is 0 Å². The van der Waals surface area contributed by atoms with Crippen LogP contribution >= 0.6 is 11.3 Å². The first-order valence-corrected chi connectivity index (χ1v) is 10.6. The van der Waals surface area contributed by atoms with Crippen LogP contribution in [-0.4, -0.2) is 47.0 Å². The Morgan fingerprint density at radius 1 is 1.37 bits per heavy atom. The number of carbonyl (C=O) groups excluding carboxylic acids is 1. The molecule has 3 heterocycles. The maximum absolute atomic E-state index is 12.5. The number of amides is 1. The number of allylic oxidation sites excluding steroid dienone is 2. The first-order chi connectivity index (χ1) is 13.0. The van der Waals surface area contributed by atoms with Crippen LogP contribution in [0.5, 0.6) is 0 Å². The van der Waals surface area contributed by atoms with Gasteiger partial charge < -0.3 is 14.8 Å². The summed E-state index contributed by atoms with van der Waals surface area (Å²) in [6.45, 7) is 8.08. The Bertz CT molecular complexity index is 937. The highest BCUT2D eigenvalue weighted by atomic mass is 32.1. The molecule has 0 bridgehead atoms. The Morgan fingerprint density at radius 3 is 2.85 bits per heavy atom. The van der Waals surface area contributed by atoms with Crippen LogP contribution in [0.2, 0.25) is 0 Å². The molecule has 1 fully saturated rings. The van der Waals surface area contributed by atoms with E-state index in [2.05, 4.69) is 22.1 Å². The van der Waals surface area contributed by atoms with Crippen molar-refractivity contribution in [1.82, 2.24) is 14.9 Å². The summed E-state index contributed by atoms with van der Waals surface area (Å²) < 4.78 is 0. The molecule has 2 aromatic rings. The maximum Gasteiger partial charge on any atom is 0.260 e. The van der Waals surface area contributed by atoms with Gasteiger partial charge in [0.15, 0.2) is 5.82 Å². The Morgan fingerprint density at radius 2 is 2.15 bits per heavy atom. The van der Waals surface area contributed by atoms with Gasteiger partial charge in [-0.1, -0.05) is 12.2 Å². The van der Waals surface area contributed by atoms with E-state index in [4.69, 9.17) is 0 Å². The lowest BCUT2D eigenvalue weighted by Gasteiger charge is -2.32. The van der Waals surface area contributed by atoms with E-state index in [-0.39, 0.29) is 11.5 Å². The standard InChI is InChI=1S/C20H26N4O2S/c1-13-14(2)27-20-18(13)19(26)21-16(22-20)12-23-7-9-24(10-8-23)17(25)11-15-5-3-4-6-15/h3,5,15H,4,6-12H2,1-2H3,(H,21,22,26)/p+1/t15-/m0/s1. The molecule has 4 rings (SSSR count). The van der Waals surface area contributed by atoms with E-state index in [0.29, 0.717) is 18.9 Å². The summed E-state index contributed by atoms with van der Waals surface area (Å²) in [7, 11) is 0. The number of aromatic amines is 1. The molecule has 1 saturated heterocycles. The van der Waals surface area contributed by atoms with Gasteiger partial charge in [-0.2, -0.15) is 0 Å². The molecule has 2 aliphatic rings. The number of nitrogens with zero attached hydrogens (tertiary/aromatic N) is 2. The molecular formula is C20H27N4O2S+. The molecule has 2 N–H and O–H groups in total. The molecule has 27 heavy (non-hydrogen) atoms. The predicted octanol–water partition coefficient (Wildman–Crippen LogP) is 1.18. The molecule has 0 radical (unpaired) electrons. The van der Waals surface area contributed by atoms with Gasteiger partial charge in [-0.3, -0.25) is 9.59 Å². The van der Waals surface area contributed by atoms with E-state index in [1.807, 2.05) is 18.7 Å². The third kappa shape index (κ3) is 3.84. The van der Waals surface area contributed by atoms with E-state index in [0.717, 1.165) is 65.5 Å². The monoisotopic (exact) mass is 387 g/mol. The molecule has 2 aromatic heterocycles. The zero-order valence-electron chi connectivity index (χ0n) is 16.0. The van der Waals surface area contributed by atoms with Crippen molar-refractivity contribution in [2.75, 3.05) is 26.2 Å². The number of quaternary nitrogens is 1. The number of nitrogens with one attached hydrogen (secondary N) is 2. The van der Waals surface area contributed by atoms with Crippen LogP contribution in [-0.2, 0) is 11.3 Å². The molecule has 1 aliphatic carbocycles. The fourth-order valence-corrected chi connectivity index (χ4v) is 5.14. The molecule has 144 valence electrons. The van der Waals surface area contributed by atoms with E-state index in [1.54, 1.807) is 11.3 Å². The van der Waals surface area contributed by atoms with Gasteiger partial charge in [0.1, 0.15) is 11.4 Å². The third-order valence-corrected chi connectivity index (χ3v) is 6.98. The second-order valence-corrected chi connectivity index (χ2v) is 8.96. The first kappa shape index (κ1) is 18.4. The second kappa shape index (κ2) is 7.56. The molecule has 7 heteroatoms. The fourth-order valence-electron chi connectivity index (χ4n) is 4.09. The van der Waals surface area contributed by atoms with Crippen molar-refractivity contribution in [1.29, 1.82) is 0 Å². The van der Waals surface area contributed by atoms with Crippen LogP contribution in [0.1, 0.15) is 35.5 Å². The number of aromatic nitrogens is 2. The van der Waals surface area contributed by atoms with Gasteiger partial charge in [-0.05, 0) is 38.2 Å². The minimum atomic E-state index is -0.0327. The summed E-state index contributed by atoms with van der Waals surface area (Å²) in [4.78, 5) is 37.9. The minimum absolute atomic E-state index is 0.0327. The maximum atomic E-state index is 12.5. The van der Waals surface area contributed by atoms with Gasteiger partial charge in [-0.15, -0.1) is 11.3 Å². The van der Waals surface area contributed by atoms with Gasteiger partial charge in [-0.25, -0.2) is 4.98 Å². The van der Waals surface area contributed by atoms with Gasteiger partial charge in [0, 0.05) is 11.3 Å². The Kier molecular flexibility index (Phi) is 5.14. The van der Waals surface area contributed by atoms with Gasteiger partial charge in [0.2, 0.25) is 5.91 Å². The number of carbonyl (C=O) groups is 1. The largest absolute Gasteiger partial charge is 0.331 e. The lowest BCUT2D eigenvalue weighted by Crippen LogP contribution is -3.13. The Balaban J connectivity index is 1.36. The lowest BCUT2D eigenvalue weighted by molar-refractivity contribution is -0.918. The summed E-state index contributed by atoms with van der Waals surface area (Å²) >= 11 is 1.59. The molecule has 0 unspecified atom stereocenters. The van der Waals surface area contributed by atoms with Crippen molar-refractivity contribution in [3.63, 3.8) is 0 Å². The van der Waals surface area contributed by atoms with Crippen LogP contribution in [0, 0.1) is 19.8 Å². The highest BCUT2D eigenvalue weighted by Gasteiger charge is 2.26. The van der Waals surface area contributed by atoms with E-state index < -0.39 is 0 Å². The number of hydrogen-bond acceptors (Lipinski definition) is 4. The zero-order valence-corrected chi connectivity index (χ0v) is 16.8. The van der Waals surface area contributed by atoms with Crippen LogP contribution in [0.4, 0.5) is 0 Å². The number of piperazine rings is 1. The zero-order chi connectivity index (χ0) is 19.0. The van der Waals surface area contributed by atoms with Crippen molar-refractivity contribution < 1.29 is 9.69 Å². The van der Waals surface area contributed by atoms with Crippen molar-refractivity contribution in [2.45, 2.75) is 39.7 Å². The number of aryl methyl sites for hydroxylation is 2. The third-order valence-electron chi connectivity index (χ3n) is 5.88. The Labute approximate surface area is 162 Å². The topological polar surface area (TPSA) is 70.5 Å². The number of thiophene rings is 1. The van der Waals surface area contributed by atoms with Gasteiger partial charge in [0.05, 0.1) is 31.6 Å². The van der Waals surface area contributed by atoms with Crippen molar-refractivity contribution >= 4 is 27.5 Å². The SMILES string of the molecule is Cc1sc2nc(C[NH+]3CCN(C(=O)C[C@H]4C=CCC4)CC3)[nH]c(=O)c2c1C. The summed E-state index contributed by atoms with van der Waals surface area (Å²) in [5.41, 5.74) is 1.00. The summed E-state index contributed by atoms with van der Waals surface area (Å²) in [6, 6.07) is 0. The number of fused-ring (bicyclic) bond motifs is 1. The normalized spacial score (nSPS) is 20.7. The van der Waals surface area contributed by atoms with E-state index in [1.165, 1.54) is 4.90 Å².